The largest absolute Gasteiger partial charge is 0.337 e. The van der Waals surface area contributed by atoms with Gasteiger partial charge < -0.3 is 10.6 Å². The van der Waals surface area contributed by atoms with Crippen LogP contribution in [0.25, 0.3) is 0 Å². The van der Waals surface area contributed by atoms with Crippen LogP contribution in [0, 0.1) is 22.7 Å². The smallest absolute Gasteiger partial charge is 0.253 e. The van der Waals surface area contributed by atoms with Gasteiger partial charge in [0.25, 0.3) is 5.91 Å². The Bertz CT molecular complexity index is 478. The van der Waals surface area contributed by atoms with Crippen molar-refractivity contribution in [3.8, 4) is 12.1 Å². The summed E-state index contributed by atoms with van der Waals surface area (Å²) >= 11 is 0. The molecule has 5 nitrogen and oxygen atoms in total. The van der Waals surface area contributed by atoms with Crippen LogP contribution in [0.15, 0.2) is 24.3 Å². The molecule has 0 aromatic heterocycles. The van der Waals surface area contributed by atoms with Crippen LogP contribution in [0.2, 0.25) is 0 Å². The summed E-state index contributed by atoms with van der Waals surface area (Å²) in [6.45, 7) is 1.12. The van der Waals surface area contributed by atoms with Crippen LogP contribution in [0.5, 0.6) is 0 Å². The summed E-state index contributed by atoms with van der Waals surface area (Å²) in [5.41, 5.74) is 7.00. The normalized spacial score (nSPS) is 9.42. The fourth-order valence-corrected chi connectivity index (χ4v) is 1.65. The number of nitrogens with zero attached hydrogens (tertiary/aromatic N) is 3. The molecular weight excluding hydrogens is 240 g/mol. The molecule has 1 amide bonds. The third-order valence-corrected chi connectivity index (χ3v) is 2.71. The summed E-state index contributed by atoms with van der Waals surface area (Å²) in [5.74, 6) is -0.158. The second kappa shape index (κ2) is 7.86. The minimum Gasteiger partial charge on any atom is -0.337 e. The van der Waals surface area contributed by atoms with E-state index < -0.39 is 0 Å². The standard InChI is InChI=1S/C14H16N4O/c15-7-1-9-18(10-2-8-16)14(19)13-5-3-12(11-17)4-6-13/h3-6H,1-2,9-11,17H2. The van der Waals surface area contributed by atoms with Gasteiger partial charge in [0, 0.05) is 25.2 Å². The lowest BCUT2D eigenvalue weighted by Gasteiger charge is -2.20. The summed E-state index contributed by atoms with van der Waals surface area (Å²) in [5, 5.41) is 17.2. The maximum atomic E-state index is 12.2. The average molecular weight is 256 g/mol. The number of amides is 1. The molecule has 98 valence electrons. The predicted molar refractivity (Wildman–Crippen MR) is 70.7 cm³/mol. The maximum Gasteiger partial charge on any atom is 0.253 e. The van der Waals surface area contributed by atoms with Crippen molar-refractivity contribution in [3.63, 3.8) is 0 Å². The number of nitrogens with two attached hydrogens (primary N) is 1. The number of carbonyl (C=O) groups is 1. The van der Waals surface area contributed by atoms with Gasteiger partial charge in [-0.15, -0.1) is 0 Å². The Kier molecular flexibility index (Phi) is 6.08. The number of rotatable bonds is 6. The fourth-order valence-electron chi connectivity index (χ4n) is 1.65. The monoisotopic (exact) mass is 256 g/mol. The summed E-state index contributed by atoms with van der Waals surface area (Å²) in [4.78, 5) is 13.8. The van der Waals surface area contributed by atoms with E-state index >= 15 is 0 Å². The minimum absolute atomic E-state index is 0.158. The Labute approximate surface area is 112 Å². The van der Waals surface area contributed by atoms with Crippen molar-refractivity contribution < 1.29 is 4.79 Å². The molecular formula is C14H16N4O. The molecule has 1 rings (SSSR count). The van der Waals surface area contributed by atoms with Gasteiger partial charge in [0.05, 0.1) is 25.0 Å². The van der Waals surface area contributed by atoms with Crippen molar-refractivity contribution in [2.45, 2.75) is 19.4 Å². The highest BCUT2D eigenvalue weighted by atomic mass is 16.2. The summed E-state index contributed by atoms with van der Waals surface area (Å²) in [7, 11) is 0. The van der Waals surface area contributed by atoms with E-state index in [1.807, 2.05) is 12.1 Å². The molecule has 0 unspecified atom stereocenters. The number of hydrogen-bond donors (Lipinski definition) is 1. The first-order valence-corrected chi connectivity index (χ1v) is 6.05. The van der Waals surface area contributed by atoms with E-state index in [9.17, 15) is 4.79 Å². The molecule has 1 aromatic rings. The summed E-state index contributed by atoms with van der Waals surface area (Å²) in [6.07, 6.45) is 0.524. The van der Waals surface area contributed by atoms with Gasteiger partial charge in [0.1, 0.15) is 0 Å². The second-order valence-corrected chi connectivity index (χ2v) is 4.01. The molecule has 0 aliphatic carbocycles. The average Bonchev–Trinajstić information content (AvgIpc) is 2.47. The number of hydrogen-bond acceptors (Lipinski definition) is 4. The van der Waals surface area contributed by atoms with Crippen molar-refractivity contribution in [1.29, 1.82) is 10.5 Å². The molecule has 0 fully saturated rings. The minimum atomic E-state index is -0.158. The second-order valence-electron chi connectivity index (χ2n) is 4.01. The Morgan fingerprint density at radius 1 is 1.11 bits per heavy atom. The van der Waals surface area contributed by atoms with Gasteiger partial charge in [-0.2, -0.15) is 10.5 Å². The molecule has 0 saturated carbocycles. The third-order valence-electron chi connectivity index (χ3n) is 2.71. The molecule has 19 heavy (non-hydrogen) atoms. The van der Waals surface area contributed by atoms with Gasteiger partial charge in [-0.1, -0.05) is 12.1 Å². The van der Waals surface area contributed by atoms with Crippen LogP contribution in [-0.4, -0.2) is 23.9 Å². The first kappa shape index (κ1) is 14.7. The molecule has 1 aromatic carbocycles. The molecule has 0 aliphatic rings. The molecule has 0 radical (unpaired) electrons. The van der Waals surface area contributed by atoms with E-state index in [1.165, 1.54) is 4.90 Å². The highest BCUT2D eigenvalue weighted by Gasteiger charge is 2.14. The van der Waals surface area contributed by atoms with Crippen molar-refractivity contribution in [2.24, 2.45) is 5.73 Å². The topological polar surface area (TPSA) is 93.9 Å². The third kappa shape index (κ3) is 4.42. The van der Waals surface area contributed by atoms with E-state index in [1.54, 1.807) is 24.3 Å². The Morgan fingerprint density at radius 2 is 1.63 bits per heavy atom. The van der Waals surface area contributed by atoms with Gasteiger partial charge in [-0.05, 0) is 17.7 Å². The Hall–Kier alpha value is -2.37. The zero-order valence-electron chi connectivity index (χ0n) is 10.7. The fraction of sp³-hybridized carbons (Fsp3) is 0.357. The van der Waals surface area contributed by atoms with Gasteiger partial charge in [-0.3, -0.25) is 4.79 Å². The van der Waals surface area contributed by atoms with Crippen LogP contribution in [-0.2, 0) is 6.54 Å². The summed E-state index contributed by atoms with van der Waals surface area (Å²) in [6, 6.07) is 11.1. The molecule has 0 heterocycles. The van der Waals surface area contributed by atoms with E-state index in [0.717, 1.165) is 5.56 Å². The molecule has 0 spiro atoms. The number of nitriles is 2. The van der Waals surface area contributed by atoms with Crippen LogP contribution < -0.4 is 5.73 Å². The van der Waals surface area contributed by atoms with Crippen molar-refractivity contribution in [3.05, 3.63) is 35.4 Å². The molecule has 0 bridgehead atoms. The predicted octanol–water partition coefficient (Wildman–Crippen LogP) is 1.41. The van der Waals surface area contributed by atoms with E-state index in [4.69, 9.17) is 16.3 Å². The van der Waals surface area contributed by atoms with Crippen LogP contribution >= 0.6 is 0 Å². The van der Waals surface area contributed by atoms with Gasteiger partial charge >= 0.3 is 0 Å². The van der Waals surface area contributed by atoms with Crippen molar-refractivity contribution in [2.75, 3.05) is 13.1 Å². The van der Waals surface area contributed by atoms with Crippen LogP contribution in [0.1, 0.15) is 28.8 Å². The quantitative estimate of drug-likeness (QED) is 0.832. The van der Waals surface area contributed by atoms with Gasteiger partial charge in [0.15, 0.2) is 0 Å². The SMILES string of the molecule is N#CCCN(CCC#N)C(=O)c1ccc(CN)cc1. The van der Waals surface area contributed by atoms with Crippen LogP contribution in [0.4, 0.5) is 0 Å². The van der Waals surface area contributed by atoms with E-state index in [0.29, 0.717) is 25.2 Å². The highest BCUT2D eigenvalue weighted by Crippen LogP contribution is 2.08. The number of benzene rings is 1. The molecule has 0 aliphatic heterocycles. The molecule has 0 atom stereocenters. The van der Waals surface area contributed by atoms with Gasteiger partial charge in [-0.25, -0.2) is 0 Å². The van der Waals surface area contributed by atoms with E-state index in [2.05, 4.69) is 0 Å². The first-order chi connectivity index (χ1) is 9.22. The van der Waals surface area contributed by atoms with Crippen molar-refractivity contribution in [1.82, 2.24) is 4.90 Å². The summed E-state index contributed by atoms with van der Waals surface area (Å²) < 4.78 is 0. The zero-order valence-corrected chi connectivity index (χ0v) is 10.7. The lowest BCUT2D eigenvalue weighted by atomic mass is 10.1. The highest BCUT2D eigenvalue weighted by molar-refractivity contribution is 5.94. The first-order valence-electron chi connectivity index (χ1n) is 6.05. The lowest BCUT2D eigenvalue weighted by Crippen LogP contribution is -2.32. The van der Waals surface area contributed by atoms with Crippen LogP contribution in [0.3, 0.4) is 0 Å². The number of carbonyl (C=O) groups excluding carboxylic acids is 1. The van der Waals surface area contributed by atoms with Gasteiger partial charge in [0.2, 0.25) is 0 Å². The molecule has 0 saturated heterocycles. The Balaban J connectivity index is 2.79. The Morgan fingerprint density at radius 3 is 2.05 bits per heavy atom. The molecule has 5 heteroatoms. The lowest BCUT2D eigenvalue weighted by molar-refractivity contribution is 0.0762. The zero-order chi connectivity index (χ0) is 14.1. The van der Waals surface area contributed by atoms with Crippen molar-refractivity contribution >= 4 is 5.91 Å². The molecule has 2 N–H and O–H groups in total. The maximum absolute atomic E-state index is 12.2. The van der Waals surface area contributed by atoms with E-state index in [-0.39, 0.29) is 18.7 Å².